The Labute approximate surface area is 120 Å². The highest BCUT2D eigenvalue weighted by Gasteiger charge is 2.20. The molecule has 0 fully saturated rings. The predicted octanol–water partition coefficient (Wildman–Crippen LogP) is 1.30. The van der Waals surface area contributed by atoms with Crippen LogP contribution in [0.25, 0.3) is 0 Å². The lowest BCUT2D eigenvalue weighted by atomic mass is 10.3. The molecule has 1 aromatic carbocycles. The molecule has 108 valence electrons. The summed E-state index contributed by atoms with van der Waals surface area (Å²) in [5.74, 6) is -1.04. The van der Waals surface area contributed by atoms with Crippen molar-refractivity contribution >= 4 is 35.8 Å². The van der Waals surface area contributed by atoms with Crippen LogP contribution in [0.1, 0.15) is 6.92 Å². The summed E-state index contributed by atoms with van der Waals surface area (Å²) in [6, 6.07) is 2.56. The van der Waals surface area contributed by atoms with E-state index < -0.39 is 31.7 Å². The second-order valence-corrected chi connectivity index (χ2v) is 8.94. The van der Waals surface area contributed by atoms with Crippen LogP contribution >= 0.6 is 15.9 Å². The minimum atomic E-state index is -3.95. The maximum atomic E-state index is 13.3. The molecule has 0 radical (unpaired) electrons. The lowest BCUT2D eigenvalue weighted by Crippen LogP contribution is -2.37. The highest BCUT2D eigenvalue weighted by atomic mass is 79.9. The average molecular weight is 374 g/mol. The molecule has 1 rings (SSSR count). The minimum absolute atomic E-state index is 0.149. The van der Waals surface area contributed by atoms with Crippen LogP contribution in [0.5, 0.6) is 0 Å². The monoisotopic (exact) mass is 373 g/mol. The van der Waals surface area contributed by atoms with Gasteiger partial charge in [0.15, 0.2) is 0 Å². The molecule has 1 N–H and O–H groups in total. The number of hydrogen-bond donors (Lipinski definition) is 1. The van der Waals surface area contributed by atoms with Gasteiger partial charge in [-0.25, -0.2) is 25.9 Å². The molecule has 0 aliphatic heterocycles. The zero-order valence-electron chi connectivity index (χ0n) is 10.2. The number of sulfonamides is 1. The quantitative estimate of drug-likeness (QED) is 0.843. The van der Waals surface area contributed by atoms with E-state index in [1.165, 1.54) is 19.1 Å². The second kappa shape index (κ2) is 5.86. The molecule has 0 heterocycles. The Bertz CT molecular complexity index is 673. The summed E-state index contributed by atoms with van der Waals surface area (Å²) in [6.07, 6.45) is 1.01. The number of halogens is 2. The number of nitrogens with one attached hydrogen (secondary N) is 1. The third-order valence-electron chi connectivity index (χ3n) is 2.11. The van der Waals surface area contributed by atoms with Crippen molar-refractivity contribution in [2.45, 2.75) is 17.9 Å². The molecule has 0 saturated carbocycles. The number of rotatable bonds is 5. The van der Waals surface area contributed by atoms with E-state index in [0.717, 1.165) is 12.3 Å². The average Bonchev–Trinajstić information content (AvgIpc) is 2.17. The number of sulfone groups is 1. The van der Waals surface area contributed by atoms with E-state index in [-0.39, 0.29) is 15.1 Å². The van der Waals surface area contributed by atoms with E-state index in [4.69, 9.17) is 0 Å². The van der Waals surface area contributed by atoms with Crippen LogP contribution in [0, 0.1) is 5.82 Å². The van der Waals surface area contributed by atoms with Crippen LogP contribution in [0.4, 0.5) is 4.39 Å². The molecule has 0 aliphatic rings. The maximum absolute atomic E-state index is 13.3. The standard InChI is InChI=1S/C10H13BrFNO4S2/c1-7(6-18(2,14)15)13-19(16,17)8-3-4-9(11)10(12)5-8/h3-5,7,13H,6H2,1-2H3. The molecule has 19 heavy (non-hydrogen) atoms. The first-order chi connectivity index (χ1) is 8.51. The van der Waals surface area contributed by atoms with Crippen molar-refractivity contribution < 1.29 is 21.2 Å². The van der Waals surface area contributed by atoms with Crippen LogP contribution < -0.4 is 4.72 Å². The molecule has 1 unspecified atom stereocenters. The Hall–Kier alpha value is -0.510. The summed E-state index contributed by atoms with van der Waals surface area (Å²) in [4.78, 5) is -0.256. The van der Waals surface area contributed by atoms with Crippen LogP contribution in [0.3, 0.4) is 0 Å². The van der Waals surface area contributed by atoms with Gasteiger partial charge in [-0.15, -0.1) is 0 Å². The Morgan fingerprint density at radius 2 is 1.89 bits per heavy atom. The molecule has 0 aromatic heterocycles. The van der Waals surface area contributed by atoms with Crippen molar-refractivity contribution in [2.75, 3.05) is 12.0 Å². The number of hydrogen-bond acceptors (Lipinski definition) is 4. The molecule has 0 bridgehead atoms. The third kappa shape index (κ3) is 5.17. The predicted molar refractivity (Wildman–Crippen MR) is 73.6 cm³/mol. The molecule has 9 heteroatoms. The Balaban J connectivity index is 2.95. The lowest BCUT2D eigenvalue weighted by Gasteiger charge is -2.13. The Morgan fingerprint density at radius 1 is 1.32 bits per heavy atom. The summed E-state index contributed by atoms with van der Waals surface area (Å²) < 4.78 is 61.6. The minimum Gasteiger partial charge on any atom is -0.229 e. The normalized spacial score (nSPS) is 14.3. The second-order valence-electron chi connectivity index (χ2n) is 4.19. The van der Waals surface area contributed by atoms with Gasteiger partial charge >= 0.3 is 0 Å². The lowest BCUT2D eigenvalue weighted by molar-refractivity contribution is 0.561. The topological polar surface area (TPSA) is 80.3 Å². The van der Waals surface area contributed by atoms with Crippen LogP contribution in [-0.4, -0.2) is 34.9 Å². The summed E-state index contributed by atoms with van der Waals surface area (Å²) >= 11 is 2.92. The van der Waals surface area contributed by atoms with Crippen molar-refractivity contribution in [3.05, 3.63) is 28.5 Å². The number of benzene rings is 1. The van der Waals surface area contributed by atoms with E-state index in [9.17, 15) is 21.2 Å². The van der Waals surface area contributed by atoms with Gasteiger partial charge in [-0.3, -0.25) is 0 Å². The van der Waals surface area contributed by atoms with Gasteiger partial charge in [0, 0.05) is 12.3 Å². The summed E-state index contributed by atoms with van der Waals surface area (Å²) in [5.41, 5.74) is 0. The van der Waals surface area contributed by atoms with E-state index in [1.54, 1.807) is 0 Å². The highest BCUT2D eigenvalue weighted by Crippen LogP contribution is 2.19. The third-order valence-corrected chi connectivity index (χ3v) is 5.45. The van der Waals surface area contributed by atoms with Gasteiger partial charge in [-0.05, 0) is 41.1 Å². The first-order valence-electron chi connectivity index (χ1n) is 5.16. The summed E-state index contributed by atoms with van der Waals surface area (Å²) in [5, 5.41) is 0. The van der Waals surface area contributed by atoms with Crippen LogP contribution in [0.15, 0.2) is 27.6 Å². The summed E-state index contributed by atoms with van der Waals surface area (Å²) in [6.45, 7) is 1.42. The fourth-order valence-corrected chi connectivity index (χ4v) is 4.06. The zero-order valence-corrected chi connectivity index (χ0v) is 13.4. The Morgan fingerprint density at radius 3 is 2.37 bits per heavy atom. The fourth-order valence-electron chi connectivity index (χ4n) is 1.47. The molecule has 5 nitrogen and oxygen atoms in total. The van der Waals surface area contributed by atoms with Crippen molar-refractivity contribution in [3.8, 4) is 0 Å². The molecular weight excluding hydrogens is 361 g/mol. The molecular formula is C10H13BrFNO4S2. The summed E-state index contributed by atoms with van der Waals surface area (Å²) in [7, 11) is -7.25. The van der Waals surface area contributed by atoms with Crippen molar-refractivity contribution in [2.24, 2.45) is 0 Å². The molecule has 0 saturated heterocycles. The first kappa shape index (κ1) is 16.5. The van der Waals surface area contributed by atoms with Crippen molar-refractivity contribution in [1.82, 2.24) is 4.72 Å². The van der Waals surface area contributed by atoms with Crippen LogP contribution in [0.2, 0.25) is 0 Å². The van der Waals surface area contributed by atoms with Gasteiger partial charge in [-0.1, -0.05) is 0 Å². The van der Waals surface area contributed by atoms with Gasteiger partial charge in [0.25, 0.3) is 0 Å². The van der Waals surface area contributed by atoms with E-state index in [1.807, 2.05) is 0 Å². The van der Waals surface area contributed by atoms with Crippen molar-refractivity contribution in [3.63, 3.8) is 0 Å². The Kier molecular flexibility index (Phi) is 5.10. The smallest absolute Gasteiger partial charge is 0.229 e. The first-order valence-corrected chi connectivity index (χ1v) is 9.50. The van der Waals surface area contributed by atoms with E-state index >= 15 is 0 Å². The van der Waals surface area contributed by atoms with Gasteiger partial charge in [0.1, 0.15) is 15.7 Å². The molecule has 0 amide bonds. The molecule has 1 atom stereocenters. The fraction of sp³-hybridized carbons (Fsp3) is 0.400. The van der Waals surface area contributed by atoms with E-state index in [0.29, 0.717) is 0 Å². The van der Waals surface area contributed by atoms with Gasteiger partial charge < -0.3 is 0 Å². The SMILES string of the molecule is CC(CS(C)(=O)=O)NS(=O)(=O)c1ccc(Br)c(F)c1. The van der Waals surface area contributed by atoms with E-state index in [2.05, 4.69) is 20.7 Å². The zero-order chi connectivity index (χ0) is 14.8. The highest BCUT2D eigenvalue weighted by molar-refractivity contribution is 9.10. The largest absolute Gasteiger partial charge is 0.240 e. The molecule has 1 aromatic rings. The molecule has 0 aliphatic carbocycles. The maximum Gasteiger partial charge on any atom is 0.240 e. The van der Waals surface area contributed by atoms with Crippen LogP contribution in [-0.2, 0) is 19.9 Å². The van der Waals surface area contributed by atoms with Gasteiger partial charge in [-0.2, -0.15) is 0 Å². The molecule has 0 spiro atoms. The van der Waals surface area contributed by atoms with Crippen molar-refractivity contribution in [1.29, 1.82) is 0 Å². The van der Waals surface area contributed by atoms with Gasteiger partial charge in [0.05, 0.1) is 15.1 Å². The van der Waals surface area contributed by atoms with Gasteiger partial charge in [0.2, 0.25) is 10.0 Å².